The van der Waals surface area contributed by atoms with Crippen molar-refractivity contribution in [3.63, 3.8) is 0 Å². The molecule has 0 heterocycles. The molecule has 0 saturated heterocycles. The number of carbonyl (C=O) groups excluding carboxylic acids is 1. The number of rotatable bonds is 4. The molecule has 0 radical (unpaired) electrons. The minimum Gasteiger partial charge on any atom is -0.550 e. The third-order valence-corrected chi connectivity index (χ3v) is 1.00. The summed E-state index contributed by atoms with van der Waals surface area (Å²) in [6.45, 7) is 1.63. The van der Waals surface area contributed by atoms with E-state index in [9.17, 15) is 9.90 Å². The van der Waals surface area contributed by atoms with Crippen LogP contribution in [0.2, 0.25) is 0 Å². The van der Waals surface area contributed by atoms with Gasteiger partial charge in [0.25, 0.3) is 0 Å². The summed E-state index contributed by atoms with van der Waals surface area (Å²) in [6, 6.07) is 0. The van der Waals surface area contributed by atoms with Crippen molar-refractivity contribution < 1.29 is 15.0 Å². The van der Waals surface area contributed by atoms with Crippen LogP contribution in [0.3, 0.4) is 0 Å². The van der Waals surface area contributed by atoms with E-state index in [1.807, 2.05) is 0 Å². The number of aliphatic hydroxyl groups excluding tert-OH is 1. The Hall–Kier alpha value is -0.570. The molecule has 0 unspecified atom stereocenters. The van der Waals surface area contributed by atoms with Crippen LogP contribution in [0.4, 0.5) is 0 Å². The molecular formula is C6H11O3-. The number of hydrogen-bond donors (Lipinski definition) is 1. The fourth-order valence-corrected chi connectivity index (χ4v) is 0.542. The molecule has 0 aromatic carbocycles. The van der Waals surface area contributed by atoms with Gasteiger partial charge in [0, 0.05) is 5.97 Å². The van der Waals surface area contributed by atoms with E-state index < -0.39 is 12.1 Å². The molecule has 1 atom stereocenters. The molecule has 1 N–H and O–H groups in total. The molecule has 54 valence electrons. The van der Waals surface area contributed by atoms with Gasteiger partial charge in [0.15, 0.2) is 0 Å². The van der Waals surface area contributed by atoms with E-state index in [-0.39, 0.29) is 6.42 Å². The van der Waals surface area contributed by atoms with E-state index in [0.717, 1.165) is 0 Å². The van der Waals surface area contributed by atoms with Crippen LogP contribution in [0, 0.1) is 0 Å². The van der Waals surface area contributed by atoms with Gasteiger partial charge in [-0.15, -0.1) is 0 Å². The van der Waals surface area contributed by atoms with Crippen LogP contribution in [-0.2, 0) is 4.79 Å². The van der Waals surface area contributed by atoms with Crippen LogP contribution in [0.25, 0.3) is 0 Å². The largest absolute Gasteiger partial charge is 0.550 e. The quantitative estimate of drug-likeness (QED) is 0.548. The van der Waals surface area contributed by atoms with Gasteiger partial charge in [0.1, 0.15) is 0 Å². The zero-order valence-electron chi connectivity index (χ0n) is 5.46. The van der Waals surface area contributed by atoms with Crippen molar-refractivity contribution in [2.75, 3.05) is 0 Å². The van der Waals surface area contributed by atoms with E-state index in [0.29, 0.717) is 12.8 Å². The maximum atomic E-state index is 9.79. The van der Waals surface area contributed by atoms with Gasteiger partial charge in [-0.2, -0.15) is 0 Å². The number of aliphatic carboxylic acids is 1. The fraction of sp³-hybridized carbons (Fsp3) is 0.833. The first-order chi connectivity index (χ1) is 4.13. The number of carboxylic acid groups (broad SMARTS) is 1. The lowest BCUT2D eigenvalue weighted by Gasteiger charge is -2.03. The second-order valence-electron chi connectivity index (χ2n) is 2.11. The smallest absolute Gasteiger partial charge is 0.0512 e. The lowest BCUT2D eigenvalue weighted by atomic mass is 10.2. The van der Waals surface area contributed by atoms with Gasteiger partial charge in [0.2, 0.25) is 0 Å². The van der Waals surface area contributed by atoms with Crippen molar-refractivity contribution in [3.05, 3.63) is 0 Å². The van der Waals surface area contributed by atoms with Crippen molar-refractivity contribution in [2.24, 2.45) is 0 Å². The molecule has 3 heteroatoms. The second kappa shape index (κ2) is 4.32. The molecule has 0 amide bonds. The summed E-state index contributed by atoms with van der Waals surface area (Å²) in [6.07, 6.45) is 0.683. The second-order valence-corrected chi connectivity index (χ2v) is 2.11. The van der Waals surface area contributed by atoms with Crippen LogP contribution >= 0.6 is 0 Å². The topological polar surface area (TPSA) is 60.4 Å². The SMILES string of the molecule is C[C@@H](O)CCCC(=O)[O-]. The zero-order chi connectivity index (χ0) is 7.28. The van der Waals surface area contributed by atoms with Crippen molar-refractivity contribution >= 4 is 5.97 Å². The highest BCUT2D eigenvalue weighted by atomic mass is 16.4. The summed E-state index contributed by atoms with van der Waals surface area (Å²) in [5, 5.41) is 18.4. The van der Waals surface area contributed by atoms with Gasteiger partial charge in [-0.05, 0) is 26.2 Å². The van der Waals surface area contributed by atoms with Crippen molar-refractivity contribution in [1.29, 1.82) is 0 Å². The molecule has 0 aromatic heterocycles. The van der Waals surface area contributed by atoms with Gasteiger partial charge in [0.05, 0.1) is 6.10 Å². The summed E-state index contributed by atoms with van der Waals surface area (Å²) in [5.41, 5.74) is 0. The normalized spacial score (nSPS) is 13.1. The fourth-order valence-electron chi connectivity index (χ4n) is 0.542. The molecular weight excluding hydrogens is 120 g/mol. The summed E-state index contributed by atoms with van der Waals surface area (Å²) < 4.78 is 0. The number of carbonyl (C=O) groups is 1. The van der Waals surface area contributed by atoms with Gasteiger partial charge in [-0.25, -0.2) is 0 Å². The van der Waals surface area contributed by atoms with Crippen LogP contribution in [0.15, 0.2) is 0 Å². The standard InChI is InChI=1S/C6H12O3/c1-5(7)3-2-4-6(8)9/h5,7H,2-4H2,1H3,(H,8,9)/p-1/t5-/m1/s1. The minimum absolute atomic E-state index is 0.0465. The Morgan fingerprint density at radius 1 is 1.78 bits per heavy atom. The Morgan fingerprint density at radius 2 is 2.33 bits per heavy atom. The van der Waals surface area contributed by atoms with E-state index >= 15 is 0 Å². The highest BCUT2D eigenvalue weighted by Crippen LogP contribution is 1.97. The third kappa shape index (κ3) is 7.43. The average Bonchev–Trinajstić information content (AvgIpc) is 1.63. The van der Waals surface area contributed by atoms with Crippen molar-refractivity contribution in [2.45, 2.75) is 32.3 Å². The van der Waals surface area contributed by atoms with Gasteiger partial charge < -0.3 is 15.0 Å². The summed E-state index contributed by atoms with van der Waals surface area (Å²) in [7, 11) is 0. The molecule has 3 nitrogen and oxygen atoms in total. The Labute approximate surface area is 54.3 Å². The molecule has 0 rings (SSSR count). The number of hydrogen-bond acceptors (Lipinski definition) is 3. The molecule has 0 aliphatic heterocycles. The van der Waals surface area contributed by atoms with E-state index in [1.54, 1.807) is 6.92 Å². The average molecular weight is 131 g/mol. The summed E-state index contributed by atoms with van der Waals surface area (Å²) in [4.78, 5) is 9.79. The minimum atomic E-state index is -1.05. The molecule has 0 fully saturated rings. The number of aliphatic hydroxyl groups is 1. The van der Waals surface area contributed by atoms with Gasteiger partial charge >= 0.3 is 0 Å². The van der Waals surface area contributed by atoms with Gasteiger partial charge in [-0.1, -0.05) is 0 Å². The Balaban J connectivity index is 3.01. The molecule has 9 heavy (non-hydrogen) atoms. The first-order valence-corrected chi connectivity index (χ1v) is 3.01. The van der Waals surface area contributed by atoms with E-state index in [2.05, 4.69) is 0 Å². The highest BCUT2D eigenvalue weighted by molar-refractivity contribution is 5.64. The maximum absolute atomic E-state index is 9.79. The molecule has 0 aromatic rings. The third-order valence-electron chi connectivity index (χ3n) is 1.00. The van der Waals surface area contributed by atoms with E-state index in [1.165, 1.54) is 0 Å². The lowest BCUT2D eigenvalue weighted by molar-refractivity contribution is -0.305. The Bertz CT molecular complexity index is 88.3. The lowest BCUT2D eigenvalue weighted by Crippen LogP contribution is -2.21. The highest BCUT2D eigenvalue weighted by Gasteiger charge is 1.93. The van der Waals surface area contributed by atoms with Crippen LogP contribution in [0.5, 0.6) is 0 Å². The predicted molar refractivity (Wildman–Crippen MR) is 30.5 cm³/mol. The molecule has 0 bridgehead atoms. The molecule has 0 aliphatic carbocycles. The molecule has 0 saturated carbocycles. The number of carboxylic acids is 1. The predicted octanol–water partition coefficient (Wildman–Crippen LogP) is -0.713. The monoisotopic (exact) mass is 131 g/mol. The first kappa shape index (κ1) is 8.43. The van der Waals surface area contributed by atoms with Crippen LogP contribution < -0.4 is 5.11 Å². The Morgan fingerprint density at radius 3 is 2.67 bits per heavy atom. The van der Waals surface area contributed by atoms with E-state index in [4.69, 9.17) is 5.11 Å². The van der Waals surface area contributed by atoms with Crippen LogP contribution in [-0.4, -0.2) is 17.2 Å². The van der Waals surface area contributed by atoms with Gasteiger partial charge in [-0.3, -0.25) is 0 Å². The Kier molecular flexibility index (Phi) is 4.05. The maximum Gasteiger partial charge on any atom is 0.0512 e. The van der Waals surface area contributed by atoms with Crippen LogP contribution in [0.1, 0.15) is 26.2 Å². The van der Waals surface area contributed by atoms with Crippen molar-refractivity contribution in [3.8, 4) is 0 Å². The summed E-state index contributed by atoms with van der Waals surface area (Å²) in [5.74, 6) is -1.05. The zero-order valence-corrected chi connectivity index (χ0v) is 5.46. The van der Waals surface area contributed by atoms with Crippen molar-refractivity contribution in [1.82, 2.24) is 0 Å². The summed E-state index contributed by atoms with van der Waals surface area (Å²) >= 11 is 0. The molecule has 0 spiro atoms. The molecule has 0 aliphatic rings. The first-order valence-electron chi connectivity index (χ1n) is 3.01.